The molecule has 0 aliphatic rings. The van der Waals surface area contributed by atoms with Gasteiger partial charge in [-0.25, -0.2) is 0 Å². The largest absolute Gasteiger partial charge is 0.485 e. The van der Waals surface area contributed by atoms with Crippen LogP contribution < -0.4 is 4.74 Å². The van der Waals surface area contributed by atoms with Crippen molar-refractivity contribution in [3.05, 3.63) is 70.5 Å². The maximum atomic E-state index is 12.8. The highest BCUT2D eigenvalue weighted by molar-refractivity contribution is 7.98. The summed E-state index contributed by atoms with van der Waals surface area (Å²) in [6.45, 7) is 4.28. The standard InChI is InChI=1S/C20H20F3N3OS/c1-13-6-4-9-17(14(13)2)27-11-18-24-25-19(26(18)3)28-12-15-7-5-8-16(10-15)20(21,22)23/h4-10H,11-12H2,1-3H3. The molecule has 1 heterocycles. The highest BCUT2D eigenvalue weighted by Crippen LogP contribution is 2.31. The van der Waals surface area contributed by atoms with Crippen molar-refractivity contribution in [2.45, 2.75) is 37.5 Å². The summed E-state index contributed by atoms with van der Waals surface area (Å²) in [5.41, 5.74) is 2.15. The third-order valence-electron chi connectivity index (χ3n) is 4.46. The number of hydrogen-bond donors (Lipinski definition) is 0. The smallest absolute Gasteiger partial charge is 0.416 e. The summed E-state index contributed by atoms with van der Waals surface area (Å²) in [6.07, 6.45) is -4.34. The number of thioether (sulfide) groups is 1. The summed E-state index contributed by atoms with van der Waals surface area (Å²) in [7, 11) is 1.82. The van der Waals surface area contributed by atoms with Crippen LogP contribution in [0, 0.1) is 13.8 Å². The van der Waals surface area contributed by atoms with Crippen molar-refractivity contribution in [3.8, 4) is 5.75 Å². The molecule has 0 spiro atoms. The minimum atomic E-state index is -4.34. The van der Waals surface area contributed by atoms with Crippen LogP contribution in [0.25, 0.3) is 0 Å². The zero-order valence-corrected chi connectivity index (χ0v) is 16.6. The molecule has 3 rings (SSSR count). The van der Waals surface area contributed by atoms with E-state index in [0.717, 1.165) is 29.0 Å². The summed E-state index contributed by atoms with van der Waals surface area (Å²) in [5, 5.41) is 8.89. The number of aromatic nitrogens is 3. The molecular weight excluding hydrogens is 387 g/mol. The fourth-order valence-corrected chi connectivity index (χ4v) is 3.48. The van der Waals surface area contributed by atoms with Crippen molar-refractivity contribution in [1.82, 2.24) is 14.8 Å². The SMILES string of the molecule is Cc1cccc(OCc2nnc(SCc3cccc(C(F)(F)F)c3)n2C)c1C. The molecule has 0 aliphatic heterocycles. The Morgan fingerprint density at radius 1 is 1.07 bits per heavy atom. The number of nitrogens with zero attached hydrogens (tertiary/aromatic N) is 3. The Labute approximate surface area is 165 Å². The Bertz CT molecular complexity index is 970. The molecule has 0 radical (unpaired) electrons. The number of aryl methyl sites for hydroxylation is 1. The van der Waals surface area contributed by atoms with Crippen LogP contribution in [-0.4, -0.2) is 14.8 Å². The lowest BCUT2D eigenvalue weighted by atomic mass is 10.1. The molecule has 3 aromatic rings. The number of rotatable bonds is 6. The van der Waals surface area contributed by atoms with Crippen molar-refractivity contribution in [3.63, 3.8) is 0 Å². The van der Waals surface area contributed by atoms with E-state index in [9.17, 15) is 13.2 Å². The normalized spacial score (nSPS) is 11.6. The van der Waals surface area contributed by atoms with Crippen molar-refractivity contribution in [1.29, 1.82) is 0 Å². The van der Waals surface area contributed by atoms with Gasteiger partial charge in [-0.05, 0) is 42.7 Å². The number of alkyl halides is 3. The summed E-state index contributed by atoms with van der Waals surface area (Å²) in [5.74, 6) is 1.81. The average Bonchev–Trinajstić information content (AvgIpc) is 3.00. The van der Waals surface area contributed by atoms with Gasteiger partial charge in [-0.1, -0.05) is 42.1 Å². The van der Waals surface area contributed by atoms with Crippen molar-refractivity contribution < 1.29 is 17.9 Å². The molecule has 8 heteroatoms. The lowest BCUT2D eigenvalue weighted by molar-refractivity contribution is -0.137. The Hall–Kier alpha value is -2.48. The van der Waals surface area contributed by atoms with Crippen LogP contribution in [0.15, 0.2) is 47.6 Å². The molecule has 0 atom stereocenters. The maximum Gasteiger partial charge on any atom is 0.416 e. The molecule has 0 saturated carbocycles. The Balaban J connectivity index is 1.64. The van der Waals surface area contributed by atoms with E-state index < -0.39 is 11.7 Å². The maximum absolute atomic E-state index is 12.8. The number of halogens is 3. The van der Waals surface area contributed by atoms with Gasteiger partial charge in [-0.15, -0.1) is 10.2 Å². The molecule has 0 unspecified atom stereocenters. The lowest BCUT2D eigenvalue weighted by Crippen LogP contribution is -2.05. The number of benzene rings is 2. The van der Waals surface area contributed by atoms with E-state index in [-0.39, 0.29) is 6.61 Å². The zero-order chi connectivity index (χ0) is 20.3. The van der Waals surface area contributed by atoms with E-state index in [4.69, 9.17) is 4.74 Å². The molecule has 0 fully saturated rings. The molecule has 0 aliphatic carbocycles. The van der Waals surface area contributed by atoms with Gasteiger partial charge in [0, 0.05) is 12.8 Å². The molecule has 0 N–H and O–H groups in total. The molecule has 28 heavy (non-hydrogen) atoms. The molecule has 2 aromatic carbocycles. The van der Waals surface area contributed by atoms with Crippen molar-refractivity contribution >= 4 is 11.8 Å². The van der Waals surface area contributed by atoms with Crippen LogP contribution in [0.1, 0.15) is 28.1 Å². The van der Waals surface area contributed by atoms with E-state index in [1.165, 1.54) is 17.8 Å². The third kappa shape index (κ3) is 4.67. The monoisotopic (exact) mass is 407 g/mol. The van der Waals surface area contributed by atoms with Crippen LogP contribution in [0.2, 0.25) is 0 Å². The van der Waals surface area contributed by atoms with E-state index in [0.29, 0.717) is 22.3 Å². The van der Waals surface area contributed by atoms with E-state index in [2.05, 4.69) is 10.2 Å². The van der Waals surface area contributed by atoms with Gasteiger partial charge in [-0.2, -0.15) is 13.2 Å². The van der Waals surface area contributed by atoms with Crippen LogP contribution >= 0.6 is 11.8 Å². The van der Waals surface area contributed by atoms with E-state index in [1.807, 2.05) is 39.1 Å². The molecule has 4 nitrogen and oxygen atoms in total. The highest BCUT2D eigenvalue weighted by atomic mass is 32.2. The topological polar surface area (TPSA) is 39.9 Å². The quantitative estimate of drug-likeness (QED) is 0.519. The van der Waals surface area contributed by atoms with Gasteiger partial charge in [0.15, 0.2) is 11.0 Å². The van der Waals surface area contributed by atoms with E-state index >= 15 is 0 Å². The zero-order valence-electron chi connectivity index (χ0n) is 15.7. The molecule has 0 bridgehead atoms. The van der Waals surface area contributed by atoms with Gasteiger partial charge in [0.25, 0.3) is 0 Å². The Kier molecular flexibility index (Phi) is 5.98. The molecule has 0 amide bonds. The molecular formula is C20H20F3N3OS. The van der Waals surface area contributed by atoms with Gasteiger partial charge < -0.3 is 9.30 Å². The predicted octanol–water partition coefficient (Wildman–Crippen LogP) is 5.32. The van der Waals surface area contributed by atoms with Crippen molar-refractivity contribution in [2.75, 3.05) is 0 Å². The number of hydrogen-bond acceptors (Lipinski definition) is 4. The minimum Gasteiger partial charge on any atom is -0.485 e. The van der Waals surface area contributed by atoms with Gasteiger partial charge in [0.2, 0.25) is 0 Å². The van der Waals surface area contributed by atoms with Crippen LogP contribution in [0.5, 0.6) is 5.75 Å². The van der Waals surface area contributed by atoms with Gasteiger partial charge >= 0.3 is 6.18 Å². The van der Waals surface area contributed by atoms with E-state index in [1.54, 1.807) is 10.6 Å². The summed E-state index contributed by atoms with van der Waals surface area (Å²) < 4.78 is 46.1. The first kappa shape index (κ1) is 20.3. The summed E-state index contributed by atoms with van der Waals surface area (Å²) >= 11 is 1.33. The lowest BCUT2D eigenvalue weighted by Gasteiger charge is -2.11. The second-order valence-corrected chi connectivity index (χ2v) is 7.37. The van der Waals surface area contributed by atoms with Gasteiger partial charge in [0.05, 0.1) is 5.56 Å². The first-order valence-electron chi connectivity index (χ1n) is 8.62. The number of ether oxygens (including phenoxy) is 1. The minimum absolute atomic E-state index is 0.262. The molecule has 1 aromatic heterocycles. The first-order chi connectivity index (χ1) is 13.3. The summed E-state index contributed by atoms with van der Waals surface area (Å²) in [4.78, 5) is 0. The molecule has 148 valence electrons. The first-order valence-corrected chi connectivity index (χ1v) is 9.60. The second kappa shape index (κ2) is 8.26. The fraction of sp³-hybridized carbons (Fsp3) is 0.300. The van der Waals surface area contributed by atoms with Crippen LogP contribution in [-0.2, 0) is 25.6 Å². The second-order valence-electron chi connectivity index (χ2n) is 6.43. The predicted molar refractivity (Wildman–Crippen MR) is 102 cm³/mol. The summed E-state index contributed by atoms with van der Waals surface area (Å²) in [6, 6.07) is 11.2. The third-order valence-corrected chi connectivity index (χ3v) is 5.55. The van der Waals surface area contributed by atoms with Gasteiger partial charge in [-0.3, -0.25) is 0 Å². The van der Waals surface area contributed by atoms with Gasteiger partial charge in [0.1, 0.15) is 12.4 Å². The van der Waals surface area contributed by atoms with Crippen LogP contribution in [0.4, 0.5) is 13.2 Å². The average molecular weight is 407 g/mol. The Morgan fingerprint density at radius 3 is 2.57 bits per heavy atom. The van der Waals surface area contributed by atoms with Crippen molar-refractivity contribution in [2.24, 2.45) is 7.05 Å². The highest BCUT2D eigenvalue weighted by Gasteiger charge is 2.30. The Morgan fingerprint density at radius 2 is 1.82 bits per heavy atom. The fourth-order valence-electron chi connectivity index (χ4n) is 2.60. The van der Waals surface area contributed by atoms with Crippen LogP contribution in [0.3, 0.4) is 0 Å². The molecule has 0 saturated heterocycles.